The Morgan fingerprint density at radius 3 is 2.42 bits per heavy atom. The van der Waals surface area contributed by atoms with Gasteiger partial charge in [0.1, 0.15) is 5.82 Å². The summed E-state index contributed by atoms with van der Waals surface area (Å²) in [5.74, 6) is 0.847. The lowest BCUT2D eigenvalue weighted by atomic mass is 10.1. The van der Waals surface area contributed by atoms with Crippen LogP contribution >= 0.6 is 0 Å². The predicted octanol–water partition coefficient (Wildman–Crippen LogP) is 4.85. The van der Waals surface area contributed by atoms with Crippen LogP contribution in [0.1, 0.15) is 27.3 Å². The number of rotatable bonds is 6. The summed E-state index contributed by atoms with van der Waals surface area (Å²) in [6, 6.07) is 26.0. The summed E-state index contributed by atoms with van der Waals surface area (Å²) in [5.41, 5.74) is 5.66. The van der Waals surface area contributed by atoms with Crippen molar-refractivity contribution in [2.75, 3.05) is 7.05 Å². The number of benzene rings is 3. The predicted molar refractivity (Wildman–Crippen MR) is 129 cm³/mol. The maximum Gasteiger partial charge on any atom is 0.253 e. The van der Waals surface area contributed by atoms with Crippen molar-refractivity contribution in [3.63, 3.8) is 0 Å². The van der Waals surface area contributed by atoms with Crippen molar-refractivity contribution in [1.29, 1.82) is 0 Å². The first-order valence-electron chi connectivity index (χ1n) is 10.9. The van der Waals surface area contributed by atoms with Crippen molar-refractivity contribution in [2.24, 2.45) is 0 Å². The first-order chi connectivity index (χ1) is 16.1. The first kappa shape index (κ1) is 20.7. The topological polar surface area (TPSA) is 56.0 Å². The molecular formula is C27H25N5O. The number of para-hydroxylation sites is 1. The minimum absolute atomic E-state index is 0.0420. The normalized spacial score (nSPS) is 11.1. The summed E-state index contributed by atoms with van der Waals surface area (Å²) in [5, 5.41) is 4.44. The summed E-state index contributed by atoms with van der Waals surface area (Å²) >= 11 is 0. The Kier molecular flexibility index (Phi) is 5.48. The molecule has 0 spiro atoms. The third-order valence-electron chi connectivity index (χ3n) is 5.72. The summed E-state index contributed by atoms with van der Waals surface area (Å²) in [4.78, 5) is 19.5. The molecule has 6 heteroatoms. The molecule has 0 aliphatic carbocycles. The third kappa shape index (κ3) is 4.28. The molecule has 0 saturated heterocycles. The van der Waals surface area contributed by atoms with Crippen LogP contribution in [0, 0.1) is 6.92 Å². The molecule has 1 amide bonds. The molecule has 2 aromatic heterocycles. The lowest BCUT2D eigenvalue weighted by Crippen LogP contribution is -2.26. The van der Waals surface area contributed by atoms with E-state index in [0.29, 0.717) is 18.7 Å². The smallest absolute Gasteiger partial charge is 0.253 e. The van der Waals surface area contributed by atoms with Gasteiger partial charge >= 0.3 is 0 Å². The standard InChI is InChI=1S/C27H25N5O/c1-20-29-25-15-23(13-14-26(25)32(20)24-11-7-4-8-12-24)27(33)30(2)17-22-16-28-31(19-22)18-21-9-5-3-6-10-21/h3-16,19H,17-18H2,1-2H3. The van der Waals surface area contributed by atoms with Gasteiger partial charge in [-0.15, -0.1) is 0 Å². The van der Waals surface area contributed by atoms with Gasteiger partial charge in [0, 0.05) is 36.6 Å². The van der Waals surface area contributed by atoms with Gasteiger partial charge in [0.15, 0.2) is 0 Å². The summed E-state index contributed by atoms with van der Waals surface area (Å²) in [7, 11) is 1.81. The van der Waals surface area contributed by atoms with Crippen LogP contribution in [0.4, 0.5) is 0 Å². The molecule has 0 unspecified atom stereocenters. The van der Waals surface area contributed by atoms with E-state index in [2.05, 4.69) is 33.9 Å². The second-order valence-corrected chi connectivity index (χ2v) is 8.23. The molecule has 164 valence electrons. The molecule has 0 saturated carbocycles. The minimum Gasteiger partial charge on any atom is -0.337 e. The molecule has 0 aliphatic heterocycles. The SMILES string of the molecule is Cc1nc2cc(C(=O)N(C)Cc3cnn(Cc4ccccc4)c3)ccc2n1-c1ccccc1. The maximum absolute atomic E-state index is 13.1. The van der Waals surface area contributed by atoms with Gasteiger partial charge in [-0.25, -0.2) is 4.98 Å². The van der Waals surface area contributed by atoms with E-state index in [1.54, 1.807) is 4.90 Å². The zero-order chi connectivity index (χ0) is 22.8. The molecule has 0 fully saturated rings. The van der Waals surface area contributed by atoms with Crippen LogP contribution in [0.2, 0.25) is 0 Å². The number of hydrogen-bond acceptors (Lipinski definition) is 3. The number of nitrogens with zero attached hydrogens (tertiary/aromatic N) is 5. The van der Waals surface area contributed by atoms with E-state index in [0.717, 1.165) is 28.1 Å². The lowest BCUT2D eigenvalue weighted by Gasteiger charge is -2.16. The second-order valence-electron chi connectivity index (χ2n) is 8.23. The maximum atomic E-state index is 13.1. The van der Waals surface area contributed by atoms with Crippen molar-refractivity contribution >= 4 is 16.9 Å². The average Bonchev–Trinajstić information content (AvgIpc) is 3.41. The van der Waals surface area contributed by atoms with E-state index >= 15 is 0 Å². The van der Waals surface area contributed by atoms with Gasteiger partial charge in [0.05, 0.1) is 23.8 Å². The van der Waals surface area contributed by atoms with E-state index in [1.165, 1.54) is 5.56 Å². The Labute approximate surface area is 192 Å². The first-order valence-corrected chi connectivity index (χ1v) is 10.9. The Morgan fingerprint density at radius 1 is 0.939 bits per heavy atom. The van der Waals surface area contributed by atoms with E-state index in [-0.39, 0.29) is 5.91 Å². The fourth-order valence-corrected chi connectivity index (χ4v) is 4.15. The largest absolute Gasteiger partial charge is 0.337 e. The quantitative estimate of drug-likeness (QED) is 0.383. The molecule has 6 nitrogen and oxygen atoms in total. The van der Waals surface area contributed by atoms with Crippen molar-refractivity contribution in [3.8, 4) is 5.69 Å². The number of amides is 1. The Balaban J connectivity index is 1.32. The van der Waals surface area contributed by atoms with Gasteiger partial charge in [0.2, 0.25) is 0 Å². The molecule has 0 atom stereocenters. The van der Waals surface area contributed by atoms with Crippen molar-refractivity contribution in [3.05, 3.63) is 114 Å². The molecule has 0 bridgehead atoms. The molecule has 0 radical (unpaired) electrons. The average molecular weight is 436 g/mol. The van der Waals surface area contributed by atoms with Crippen LogP contribution in [0.3, 0.4) is 0 Å². The highest BCUT2D eigenvalue weighted by molar-refractivity contribution is 5.97. The summed E-state index contributed by atoms with van der Waals surface area (Å²) in [6.45, 7) is 3.18. The van der Waals surface area contributed by atoms with Crippen LogP contribution in [-0.4, -0.2) is 37.2 Å². The molecule has 0 N–H and O–H groups in total. The van der Waals surface area contributed by atoms with E-state index < -0.39 is 0 Å². The highest BCUT2D eigenvalue weighted by Crippen LogP contribution is 2.23. The van der Waals surface area contributed by atoms with E-state index in [1.807, 2.05) is 85.6 Å². The van der Waals surface area contributed by atoms with E-state index in [9.17, 15) is 4.79 Å². The minimum atomic E-state index is -0.0420. The van der Waals surface area contributed by atoms with Crippen LogP contribution in [-0.2, 0) is 13.1 Å². The van der Waals surface area contributed by atoms with Gasteiger partial charge in [-0.2, -0.15) is 5.10 Å². The van der Waals surface area contributed by atoms with Gasteiger partial charge in [-0.1, -0.05) is 48.5 Å². The van der Waals surface area contributed by atoms with Crippen molar-refractivity contribution in [1.82, 2.24) is 24.2 Å². The van der Waals surface area contributed by atoms with E-state index in [4.69, 9.17) is 4.98 Å². The Bertz CT molecular complexity index is 1400. The number of carbonyl (C=O) groups is 1. The fraction of sp³-hybridized carbons (Fsp3) is 0.148. The van der Waals surface area contributed by atoms with Crippen LogP contribution in [0.15, 0.2) is 91.3 Å². The molecular weight excluding hydrogens is 410 g/mol. The molecule has 3 aromatic carbocycles. The van der Waals surface area contributed by atoms with Gasteiger partial charge < -0.3 is 4.90 Å². The fourth-order valence-electron chi connectivity index (χ4n) is 4.15. The van der Waals surface area contributed by atoms with Crippen molar-refractivity contribution in [2.45, 2.75) is 20.0 Å². The Hall–Kier alpha value is -4.19. The zero-order valence-corrected chi connectivity index (χ0v) is 18.7. The summed E-state index contributed by atoms with van der Waals surface area (Å²) in [6.07, 6.45) is 3.81. The zero-order valence-electron chi connectivity index (χ0n) is 18.7. The molecule has 5 aromatic rings. The molecule has 33 heavy (non-hydrogen) atoms. The molecule has 0 aliphatic rings. The lowest BCUT2D eigenvalue weighted by molar-refractivity contribution is 0.0785. The number of fused-ring (bicyclic) bond motifs is 1. The van der Waals surface area contributed by atoms with Gasteiger partial charge in [0.25, 0.3) is 5.91 Å². The van der Waals surface area contributed by atoms with Crippen LogP contribution < -0.4 is 0 Å². The monoisotopic (exact) mass is 435 g/mol. The van der Waals surface area contributed by atoms with Crippen LogP contribution in [0.5, 0.6) is 0 Å². The van der Waals surface area contributed by atoms with Crippen LogP contribution in [0.25, 0.3) is 16.7 Å². The highest BCUT2D eigenvalue weighted by atomic mass is 16.2. The Morgan fingerprint density at radius 2 is 1.67 bits per heavy atom. The van der Waals surface area contributed by atoms with Gasteiger partial charge in [-0.3, -0.25) is 14.0 Å². The number of aromatic nitrogens is 4. The molecule has 2 heterocycles. The number of imidazole rings is 1. The van der Waals surface area contributed by atoms with Crippen molar-refractivity contribution < 1.29 is 4.79 Å². The van der Waals surface area contributed by atoms with Gasteiger partial charge in [-0.05, 0) is 42.8 Å². The number of aryl methyl sites for hydroxylation is 1. The summed E-state index contributed by atoms with van der Waals surface area (Å²) < 4.78 is 4.00. The third-order valence-corrected chi connectivity index (χ3v) is 5.72. The molecule has 5 rings (SSSR count). The number of carbonyl (C=O) groups excluding carboxylic acids is 1. The number of hydrogen-bond donors (Lipinski definition) is 0. The second kappa shape index (κ2) is 8.74. The highest BCUT2D eigenvalue weighted by Gasteiger charge is 2.16.